The van der Waals surface area contributed by atoms with Crippen molar-refractivity contribution in [1.82, 2.24) is 15.3 Å². The largest absolute Gasteiger partial charge is 0.494 e. The molecule has 42 heavy (non-hydrogen) atoms. The highest BCUT2D eigenvalue weighted by Gasteiger charge is 2.26. The molecule has 2 aromatic carbocycles. The van der Waals surface area contributed by atoms with Crippen LogP contribution in [0.5, 0.6) is 5.75 Å². The minimum Gasteiger partial charge on any atom is -0.494 e. The first-order valence-corrected chi connectivity index (χ1v) is 17.1. The summed E-state index contributed by atoms with van der Waals surface area (Å²) in [6.07, 6.45) is 7.39. The molecule has 222 valence electrons. The Morgan fingerprint density at radius 3 is 2.43 bits per heavy atom. The van der Waals surface area contributed by atoms with Crippen molar-refractivity contribution < 1.29 is 9.47 Å². The van der Waals surface area contributed by atoms with Crippen LogP contribution in [0.1, 0.15) is 30.5 Å². The first-order chi connectivity index (χ1) is 20.2. The third-order valence-electron chi connectivity index (χ3n) is 7.55. The maximum absolute atomic E-state index is 8.15. The van der Waals surface area contributed by atoms with Crippen molar-refractivity contribution in [2.45, 2.75) is 38.9 Å². The van der Waals surface area contributed by atoms with E-state index in [-0.39, 0.29) is 20.1 Å². The second-order valence-corrected chi connectivity index (χ2v) is 14.1. The second-order valence-electron chi connectivity index (χ2n) is 10.9. The summed E-state index contributed by atoms with van der Waals surface area (Å²) in [5.41, 5.74) is 7.28. The number of hydrogen-bond acceptors (Lipinski definition) is 9. The first-order valence-electron chi connectivity index (χ1n) is 14.1. The van der Waals surface area contributed by atoms with E-state index in [0.717, 1.165) is 52.9 Å². The molecule has 1 aliphatic carbocycles. The standard InChI is InChI=1S/C31H39BrN7O2P/c1-18-16-39(17-19(2)41-18)27-12-28(40-4)25(11-23(27)22(13-33)14-34-3)37-31-35-15-24(32)30(38-31)36-26-9-20-7-8-21(20)10-29(26)42(5)6/h9-15,18-19,33-34H,7-8,16-17H2,1-6H3,(H2,35,36,37,38)/b22-14+,33-13?. The number of ether oxygens (including phenoxy) is 2. The zero-order valence-corrected chi connectivity index (χ0v) is 27.5. The van der Waals surface area contributed by atoms with Gasteiger partial charge in [-0.2, -0.15) is 4.98 Å². The molecule has 0 bridgehead atoms. The van der Waals surface area contributed by atoms with Crippen molar-refractivity contribution in [1.29, 1.82) is 5.41 Å². The van der Waals surface area contributed by atoms with Crippen molar-refractivity contribution in [2.24, 2.45) is 0 Å². The third kappa shape index (κ3) is 6.41. The number of benzene rings is 2. The van der Waals surface area contributed by atoms with E-state index in [1.165, 1.54) is 22.6 Å². The molecule has 1 aliphatic heterocycles. The number of morpholine rings is 1. The van der Waals surface area contributed by atoms with Crippen LogP contribution < -0.4 is 30.9 Å². The van der Waals surface area contributed by atoms with E-state index in [1.54, 1.807) is 13.3 Å². The fourth-order valence-corrected chi connectivity index (χ4v) is 6.83. The van der Waals surface area contributed by atoms with E-state index < -0.39 is 0 Å². The highest BCUT2D eigenvalue weighted by atomic mass is 79.9. The topological polar surface area (TPSA) is 107 Å². The number of hydrogen-bond donors (Lipinski definition) is 4. The van der Waals surface area contributed by atoms with Gasteiger partial charge in [-0.05, 0) is 90.6 Å². The molecule has 1 saturated heterocycles. The summed E-state index contributed by atoms with van der Waals surface area (Å²) in [7, 11) is 3.20. The van der Waals surface area contributed by atoms with Gasteiger partial charge in [0.1, 0.15) is 11.6 Å². The molecule has 2 unspecified atom stereocenters. The fraction of sp³-hybridized carbons (Fsp3) is 0.387. The van der Waals surface area contributed by atoms with E-state index in [1.807, 2.05) is 25.4 Å². The van der Waals surface area contributed by atoms with E-state index in [9.17, 15) is 0 Å². The van der Waals surface area contributed by atoms with Gasteiger partial charge in [-0.25, -0.2) is 4.98 Å². The lowest BCUT2D eigenvalue weighted by Gasteiger charge is -2.38. The molecule has 2 atom stereocenters. The molecular formula is C31H39BrN7O2P. The van der Waals surface area contributed by atoms with Gasteiger partial charge in [-0.1, -0.05) is 7.92 Å². The van der Waals surface area contributed by atoms with Crippen molar-refractivity contribution in [2.75, 3.05) is 56.1 Å². The van der Waals surface area contributed by atoms with E-state index in [4.69, 9.17) is 19.9 Å². The summed E-state index contributed by atoms with van der Waals surface area (Å²) in [5, 5.41) is 19.5. The van der Waals surface area contributed by atoms with Gasteiger partial charge < -0.3 is 35.7 Å². The maximum Gasteiger partial charge on any atom is 0.229 e. The Hall–Kier alpha value is -3.20. The van der Waals surface area contributed by atoms with Crippen LogP contribution >= 0.6 is 23.9 Å². The molecule has 2 heterocycles. The van der Waals surface area contributed by atoms with Crippen LogP contribution in [0.4, 0.5) is 28.8 Å². The molecule has 1 aromatic heterocycles. The third-order valence-corrected chi connectivity index (χ3v) is 9.47. The lowest BCUT2D eigenvalue weighted by Crippen LogP contribution is -2.45. The molecule has 0 radical (unpaired) electrons. The van der Waals surface area contributed by atoms with Crippen LogP contribution in [0.3, 0.4) is 0 Å². The molecule has 2 aliphatic rings. The molecule has 1 fully saturated rings. The molecular weight excluding hydrogens is 613 g/mol. The number of aromatic nitrogens is 2. The average molecular weight is 653 g/mol. The van der Waals surface area contributed by atoms with Gasteiger partial charge in [-0.3, -0.25) is 0 Å². The van der Waals surface area contributed by atoms with Crippen LogP contribution in [-0.2, 0) is 17.6 Å². The lowest BCUT2D eigenvalue weighted by molar-refractivity contribution is -0.00523. The summed E-state index contributed by atoms with van der Waals surface area (Å²) in [6, 6.07) is 8.64. The molecule has 0 amide bonds. The highest BCUT2D eigenvalue weighted by molar-refractivity contribution is 9.10. The van der Waals surface area contributed by atoms with Crippen LogP contribution in [0, 0.1) is 5.41 Å². The molecule has 3 aromatic rings. The fourth-order valence-electron chi connectivity index (χ4n) is 5.52. The lowest BCUT2D eigenvalue weighted by atomic mass is 9.88. The number of rotatable bonds is 10. The molecule has 0 saturated carbocycles. The number of nitrogens with zero attached hydrogens (tertiary/aromatic N) is 3. The Morgan fingerprint density at radius 2 is 1.81 bits per heavy atom. The van der Waals surface area contributed by atoms with Crippen molar-refractivity contribution in [3.05, 3.63) is 57.8 Å². The maximum atomic E-state index is 8.15. The van der Waals surface area contributed by atoms with Gasteiger partial charge in [0.05, 0.1) is 29.5 Å². The van der Waals surface area contributed by atoms with Gasteiger partial charge in [-0.15, -0.1) is 0 Å². The quantitative estimate of drug-likeness (QED) is 0.156. The summed E-state index contributed by atoms with van der Waals surface area (Å²) >= 11 is 3.64. The van der Waals surface area contributed by atoms with E-state index in [0.29, 0.717) is 23.2 Å². The average Bonchev–Trinajstić information content (AvgIpc) is 2.94. The van der Waals surface area contributed by atoms with E-state index in [2.05, 4.69) is 81.1 Å². The van der Waals surface area contributed by atoms with Crippen molar-refractivity contribution in [3.8, 4) is 5.75 Å². The highest BCUT2D eigenvalue weighted by Crippen LogP contribution is 2.40. The molecule has 9 nitrogen and oxygen atoms in total. The number of anilines is 5. The Balaban J connectivity index is 1.51. The minimum atomic E-state index is -0.295. The summed E-state index contributed by atoms with van der Waals surface area (Å²) in [4.78, 5) is 11.7. The summed E-state index contributed by atoms with van der Waals surface area (Å²) in [6.45, 7) is 10.2. The molecule has 0 spiro atoms. The minimum absolute atomic E-state index is 0.0861. The van der Waals surface area contributed by atoms with Gasteiger partial charge in [0.2, 0.25) is 5.95 Å². The van der Waals surface area contributed by atoms with Gasteiger partial charge >= 0.3 is 0 Å². The van der Waals surface area contributed by atoms with Gasteiger partial charge in [0.15, 0.2) is 0 Å². The number of methoxy groups -OCH3 is 1. The van der Waals surface area contributed by atoms with Crippen molar-refractivity contribution >= 4 is 69.8 Å². The Bertz CT molecular complexity index is 1500. The Labute approximate surface area is 257 Å². The monoisotopic (exact) mass is 651 g/mol. The van der Waals surface area contributed by atoms with Gasteiger partial charge in [0, 0.05) is 67.3 Å². The molecule has 5 rings (SSSR count). The molecule has 11 heteroatoms. The SMILES string of the molecule is CN/C=C(\C=N)c1cc(Nc2ncc(Br)c(Nc3cc4c(cc3P(C)C)CC4)n2)c(OC)cc1N1CC(C)OC(C)C1. The van der Waals surface area contributed by atoms with Crippen LogP contribution in [0.25, 0.3) is 5.57 Å². The number of halogens is 1. The van der Waals surface area contributed by atoms with Crippen LogP contribution in [-0.4, -0.2) is 69.0 Å². The first kappa shape index (κ1) is 30.3. The predicted molar refractivity (Wildman–Crippen MR) is 180 cm³/mol. The Morgan fingerprint density at radius 1 is 1.10 bits per heavy atom. The normalized spacial score (nSPS) is 18.3. The predicted octanol–water partition coefficient (Wildman–Crippen LogP) is 6.02. The van der Waals surface area contributed by atoms with Crippen molar-refractivity contribution in [3.63, 3.8) is 0 Å². The molecule has 4 N–H and O–H groups in total. The van der Waals surface area contributed by atoms with Gasteiger partial charge in [0.25, 0.3) is 0 Å². The number of aryl methyl sites for hydroxylation is 2. The Kier molecular flexibility index (Phi) is 9.35. The van der Waals surface area contributed by atoms with E-state index >= 15 is 0 Å². The van der Waals surface area contributed by atoms with Crippen LogP contribution in [0.15, 0.2) is 41.1 Å². The van der Waals surface area contributed by atoms with Crippen LogP contribution in [0.2, 0.25) is 0 Å². The smallest absolute Gasteiger partial charge is 0.229 e. The zero-order valence-electron chi connectivity index (χ0n) is 25.0. The zero-order chi connectivity index (χ0) is 30.0. The number of nitrogens with one attached hydrogen (secondary N) is 4. The number of allylic oxidation sites excluding steroid dienone is 1. The summed E-state index contributed by atoms with van der Waals surface area (Å²) < 4.78 is 12.6. The number of fused-ring (bicyclic) bond motifs is 1. The second kappa shape index (κ2) is 13.0. The summed E-state index contributed by atoms with van der Waals surface area (Å²) in [5.74, 6) is 1.77.